The zero-order valence-electron chi connectivity index (χ0n) is 7.75. The monoisotopic (exact) mass is 239 g/mol. The fourth-order valence-electron chi connectivity index (χ4n) is 1.02. The summed E-state index contributed by atoms with van der Waals surface area (Å²) in [5.41, 5.74) is -0.703. The topological polar surface area (TPSA) is 119 Å². The molecule has 0 atom stereocenters. The third-order valence-corrected chi connectivity index (χ3v) is 2.24. The summed E-state index contributed by atoms with van der Waals surface area (Å²) >= 11 is 0.772. The molecule has 0 bridgehead atoms. The Kier molecular flexibility index (Phi) is 3.82. The van der Waals surface area contributed by atoms with E-state index in [1.807, 2.05) is 0 Å². The zero-order valence-corrected chi connectivity index (χ0v) is 8.56. The smallest absolute Gasteiger partial charge is 0.363 e. The average molecular weight is 239 g/mol. The molecule has 16 heavy (non-hydrogen) atoms. The molecule has 0 unspecified atom stereocenters. The second-order valence-electron chi connectivity index (χ2n) is 2.53. The zero-order chi connectivity index (χ0) is 12.1. The van der Waals surface area contributed by atoms with Crippen molar-refractivity contribution in [3.8, 4) is 5.40 Å². The first-order valence-electron chi connectivity index (χ1n) is 3.85. The Hall–Kier alpha value is -2.11. The summed E-state index contributed by atoms with van der Waals surface area (Å²) in [6.45, 7) is 0. The van der Waals surface area contributed by atoms with E-state index < -0.39 is 16.6 Å². The molecule has 0 saturated heterocycles. The molecule has 8 heteroatoms. The fraction of sp³-hybridized carbons (Fsp3) is 0. The van der Waals surface area contributed by atoms with E-state index in [1.165, 1.54) is 12.1 Å². The lowest BCUT2D eigenvalue weighted by Gasteiger charge is -2.01. The van der Waals surface area contributed by atoms with Crippen molar-refractivity contribution < 1.29 is 14.6 Å². The highest BCUT2D eigenvalue weighted by Gasteiger charge is 2.21. The van der Waals surface area contributed by atoms with Crippen LogP contribution in [0.2, 0.25) is 0 Å². The quantitative estimate of drug-likeness (QED) is 0.364. The molecule has 0 amide bonds. The number of thiocyanates is 1. The third-order valence-electron chi connectivity index (χ3n) is 1.66. The first-order valence-corrected chi connectivity index (χ1v) is 4.67. The van der Waals surface area contributed by atoms with Gasteiger partial charge in [-0.2, -0.15) is 11.2 Å². The van der Waals surface area contributed by atoms with Crippen LogP contribution < -0.4 is 5.90 Å². The van der Waals surface area contributed by atoms with Crippen LogP contribution in [0.15, 0.2) is 23.1 Å². The predicted octanol–water partition coefficient (Wildman–Crippen LogP) is 1.20. The minimum Gasteiger partial charge on any atom is -0.369 e. The van der Waals surface area contributed by atoms with E-state index in [1.54, 1.807) is 5.40 Å². The molecule has 82 valence electrons. The van der Waals surface area contributed by atoms with E-state index >= 15 is 0 Å². The van der Waals surface area contributed by atoms with Crippen LogP contribution in [0.1, 0.15) is 10.4 Å². The van der Waals surface area contributed by atoms with Crippen LogP contribution >= 0.6 is 11.8 Å². The van der Waals surface area contributed by atoms with Crippen molar-refractivity contribution >= 4 is 23.4 Å². The lowest BCUT2D eigenvalue weighted by atomic mass is 10.2. The van der Waals surface area contributed by atoms with E-state index in [9.17, 15) is 14.9 Å². The maximum absolute atomic E-state index is 11.2. The van der Waals surface area contributed by atoms with E-state index in [0.29, 0.717) is 4.90 Å². The number of hydrogen-bond acceptors (Lipinski definition) is 7. The van der Waals surface area contributed by atoms with Gasteiger partial charge in [-0.1, -0.05) is 0 Å². The Morgan fingerprint density at radius 2 is 2.31 bits per heavy atom. The molecule has 0 heterocycles. The van der Waals surface area contributed by atoms with Gasteiger partial charge in [0, 0.05) is 11.0 Å². The Morgan fingerprint density at radius 1 is 1.62 bits per heavy atom. The highest BCUT2D eigenvalue weighted by Crippen LogP contribution is 2.25. The summed E-state index contributed by atoms with van der Waals surface area (Å²) < 4.78 is 0. The van der Waals surface area contributed by atoms with Gasteiger partial charge in [0.25, 0.3) is 5.69 Å². The Bertz CT molecular complexity index is 483. The van der Waals surface area contributed by atoms with Gasteiger partial charge in [-0.25, -0.2) is 4.79 Å². The third kappa shape index (κ3) is 2.47. The van der Waals surface area contributed by atoms with Gasteiger partial charge in [-0.3, -0.25) is 10.1 Å². The van der Waals surface area contributed by atoms with Crippen LogP contribution in [-0.2, 0) is 4.84 Å². The molecule has 2 N–H and O–H groups in total. The molecular weight excluding hydrogens is 234 g/mol. The minimum absolute atomic E-state index is 0.284. The Morgan fingerprint density at radius 3 is 2.81 bits per heavy atom. The molecule has 7 nitrogen and oxygen atoms in total. The lowest BCUT2D eigenvalue weighted by molar-refractivity contribution is -0.385. The van der Waals surface area contributed by atoms with Crippen molar-refractivity contribution in [1.29, 1.82) is 5.26 Å². The molecule has 0 aliphatic heterocycles. The largest absolute Gasteiger partial charge is 0.369 e. The maximum atomic E-state index is 11.2. The van der Waals surface area contributed by atoms with Gasteiger partial charge in [0.05, 0.1) is 4.92 Å². The molecule has 0 spiro atoms. The predicted molar refractivity (Wildman–Crippen MR) is 54.2 cm³/mol. The molecule has 0 aliphatic rings. The van der Waals surface area contributed by atoms with Crippen LogP contribution in [0, 0.1) is 20.8 Å². The number of carbonyl (C=O) groups excluding carboxylic acids is 1. The number of hydrogen-bond donors (Lipinski definition) is 1. The summed E-state index contributed by atoms with van der Waals surface area (Å²) in [6, 6.07) is 3.66. The van der Waals surface area contributed by atoms with E-state index in [4.69, 9.17) is 5.26 Å². The number of nitrogens with zero attached hydrogens (tertiary/aromatic N) is 2. The molecule has 0 fully saturated rings. The number of nitro benzene ring substituents is 1. The number of nitrogens with two attached hydrogens (primary N) is 1. The highest BCUT2D eigenvalue weighted by atomic mass is 32.2. The van der Waals surface area contributed by atoms with Crippen LogP contribution in [0.4, 0.5) is 5.69 Å². The molecule has 1 aromatic carbocycles. The molecule has 1 rings (SSSR count). The van der Waals surface area contributed by atoms with Gasteiger partial charge in [-0.05, 0) is 23.9 Å². The summed E-state index contributed by atoms with van der Waals surface area (Å²) in [5, 5.41) is 20.8. The second kappa shape index (κ2) is 5.11. The number of carbonyl (C=O) groups is 1. The summed E-state index contributed by atoms with van der Waals surface area (Å²) in [4.78, 5) is 25.3. The number of thioether (sulfide) groups is 1. The average Bonchev–Trinajstić information content (AvgIpc) is 2.28. The number of rotatable bonds is 3. The standard InChI is InChI=1S/C8H5N3O4S/c9-4-16-5-1-2-7(11(13)14)6(3-5)8(12)15-10/h1-3H,10H2. The van der Waals surface area contributed by atoms with E-state index in [0.717, 1.165) is 17.8 Å². The van der Waals surface area contributed by atoms with Crippen LogP contribution in [0.5, 0.6) is 0 Å². The lowest BCUT2D eigenvalue weighted by Crippen LogP contribution is -2.12. The van der Waals surface area contributed by atoms with Gasteiger partial charge in [-0.15, -0.1) is 0 Å². The molecule has 1 aromatic rings. The van der Waals surface area contributed by atoms with Crippen molar-refractivity contribution in [1.82, 2.24) is 0 Å². The van der Waals surface area contributed by atoms with Gasteiger partial charge >= 0.3 is 5.97 Å². The van der Waals surface area contributed by atoms with Crippen LogP contribution in [0.25, 0.3) is 0 Å². The summed E-state index contributed by atoms with van der Waals surface area (Å²) in [5.74, 6) is 3.63. The van der Waals surface area contributed by atoms with E-state index in [2.05, 4.69) is 10.7 Å². The SMILES string of the molecule is N#CSc1ccc([N+](=O)[O-])c(C(=O)ON)c1. The normalized spacial score (nSPS) is 9.25. The molecule has 0 aliphatic carbocycles. The minimum atomic E-state index is -1.02. The first-order chi connectivity index (χ1) is 7.60. The number of benzene rings is 1. The Labute approximate surface area is 93.9 Å². The fourth-order valence-corrected chi connectivity index (χ4v) is 1.44. The Balaban J connectivity index is 3.27. The van der Waals surface area contributed by atoms with Crippen LogP contribution in [-0.4, -0.2) is 10.9 Å². The molecule has 0 saturated carbocycles. The second-order valence-corrected chi connectivity index (χ2v) is 3.39. The molecule has 0 radical (unpaired) electrons. The van der Waals surface area contributed by atoms with Gasteiger partial charge < -0.3 is 4.84 Å². The van der Waals surface area contributed by atoms with Crippen molar-refractivity contribution in [2.24, 2.45) is 5.90 Å². The summed E-state index contributed by atoms with van der Waals surface area (Å²) in [6.07, 6.45) is 0. The van der Waals surface area contributed by atoms with Crippen molar-refractivity contribution in [2.45, 2.75) is 4.90 Å². The van der Waals surface area contributed by atoms with Crippen LogP contribution in [0.3, 0.4) is 0 Å². The maximum Gasteiger partial charge on any atom is 0.363 e. The highest BCUT2D eigenvalue weighted by molar-refractivity contribution is 8.03. The van der Waals surface area contributed by atoms with Gasteiger partial charge in [0.2, 0.25) is 0 Å². The molecule has 0 aromatic heterocycles. The summed E-state index contributed by atoms with van der Waals surface area (Å²) in [7, 11) is 0. The van der Waals surface area contributed by atoms with Crippen molar-refractivity contribution in [2.75, 3.05) is 0 Å². The number of nitro groups is 1. The van der Waals surface area contributed by atoms with Crippen molar-refractivity contribution in [3.63, 3.8) is 0 Å². The number of nitriles is 1. The van der Waals surface area contributed by atoms with Crippen molar-refractivity contribution in [3.05, 3.63) is 33.9 Å². The van der Waals surface area contributed by atoms with Gasteiger partial charge in [0.1, 0.15) is 11.0 Å². The molecular formula is C8H5N3O4S. The van der Waals surface area contributed by atoms with E-state index in [-0.39, 0.29) is 5.56 Å². The van der Waals surface area contributed by atoms with Gasteiger partial charge in [0.15, 0.2) is 0 Å². The first kappa shape index (κ1) is 12.0.